The van der Waals surface area contributed by atoms with Gasteiger partial charge in [0.2, 0.25) is 5.91 Å². The topological polar surface area (TPSA) is 83.4 Å². The van der Waals surface area contributed by atoms with E-state index in [0.29, 0.717) is 22.3 Å². The van der Waals surface area contributed by atoms with Crippen LogP contribution in [0.25, 0.3) is 0 Å². The number of hydrogen-bond donors (Lipinski definition) is 1. The fourth-order valence-electron chi connectivity index (χ4n) is 4.23. The average Bonchev–Trinajstić information content (AvgIpc) is 3.51. The van der Waals surface area contributed by atoms with Crippen LogP contribution in [0, 0.1) is 6.92 Å². The molecule has 0 saturated heterocycles. The maximum absolute atomic E-state index is 12.8. The second-order valence-electron chi connectivity index (χ2n) is 8.81. The third-order valence-corrected chi connectivity index (χ3v) is 7.82. The summed E-state index contributed by atoms with van der Waals surface area (Å²) < 4.78 is 5.28. The van der Waals surface area contributed by atoms with Gasteiger partial charge in [-0.3, -0.25) is 9.59 Å². The number of carbonyl (C=O) groups is 2. The number of amides is 2. The second kappa shape index (κ2) is 10.8. The molecule has 9 heteroatoms. The van der Waals surface area contributed by atoms with Gasteiger partial charge in [0.15, 0.2) is 5.17 Å². The SMILES string of the molecule is COc1ccc(C2=NN(C3=NC(=O)[C@H](CC(=O)Nc4ccc(C)c(Cl)c4)S3)[C@H](c3ccccc3)C2)cc1. The van der Waals surface area contributed by atoms with Gasteiger partial charge < -0.3 is 10.1 Å². The molecule has 2 amide bonds. The third kappa shape index (κ3) is 5.55. The van der Waals surface area contributed by atoms with Gasteiger partial charge in [-0.05, 0) is 60.0 Å². The van der Waals surface area contributed by atoms with Crippen molar-refractivity contribution in [1.29, 1.82) is 0 Å². The number of benzene rings is 3. The number of nitrogens with one attached hydrogen (secondary N) is 1. The van der Waals surface area contributed by atoms with E-state index in [9.17, 15) is 9.59 Å². The highest BCUT2D eigenvalue weighted by molar-refractivity contribution is 8.15. The van der Waals surface area contributed by atoms with Crippen LogP contribution in [0.4, 0.5) is 5.69 Å². The minimum Gasteiger partial charge on any atom is -0.497 e. The van der Waals surface area contributed by atoms with E-state index in [-0.39, 0.29) is 24.3 Å². The fourth-order valence-corrected chi connectivity index (χ4v) is 5.48. The molecular formula is C28H25ClN4O3S. The molecule has 0 spiro atoms. The Morgan fingerprint density at radius 3 is 2.59 bits per heavy atom. The van der Waals surface area contributed by atoms with Crippen LogP contribution < -0.4 is 10.1 Å². The molecular weight excluding hydrogens is 508 g/mol. The van der Waals surface area contributed by atoms with Crippen molar-refractivity contribution in [2.24, 2.45) is 10.1 Å². The van der Waals surface area contributed by atoms with E-state index in [1.54, 1.807) is 19.2 Å². The summed E-state index contributed by atoms with van der Waals surface area (Å²) in [4.78, 5) is 29.8. The minimum absolute atomic E-state index is 0.000883. The van der Waals surface area contributed by atoms with E-state index in [0.717, 1.165) is 28.2 Å². The number of carbonyl (C=O) groups excluding carboxylic acids is 2. The van der Waals surface area contributed by atoms with Crippen LogP contribution in [0.1, 0.15) is 35.6 Å². The molecule has 37 heavy (non-hydrogen) atoms. The smallest absolute Gasteiger partial charge is 0.262 e. The van der Waals surface area contributed by atoms with Crippen molar-refractivity contribution in [2.75, 3.05) is 12.4 Å². The van der Waals surface area contributed by atoms with Crippen molar-refractivity contribution in [1.82, 2.24) is 5.01 Å². The summed E-state index contributed by atoms with van der Waals surface area (Å²) in [5.74, 6) is 0.164. The number of hydrazone groups is 1. The van der Waals surface area contributed by atoms with E-state index < -0.39 is 5.25 Å². The van der Waals surface area contributed by atoms with Crippen LogP contribution in [-0.2, 0) is 9.59 Å². The van der Waals surface area contributed by atoms with Crippen molar-refractivity contribution in [3.8, 4) is 5.75 Å². The van der Waals surface area contributed by atoms with Gasteiger partial charge in [0.25, 0.3) is 5.91 Å². The van der Waals surface area contributed by atoms with Gasteiger partial charge in [0.05, 0.1) is 18.9 Å². The average molecular weight is 533 g/mol. The summed E-state index contributed by atoms with van der Waals surface area (Å²) in [6, 6.07) is 23.0. The quantitative estimate of drug-likeness (QED) is 0.431. The first-order valence-electron chi connectivity index (χ1n) is 11.8. The number of thioether (sulfide) groups is 1. The van der Waals surface area contributed by atoms with Gasteiger partial charge in [-0.2, -0.15) is 10.1 Å². The Labute approximate surface area is 224 Å². The van der Waals surface area contributed by atoms with Gasteiger partial charge in [-0.1, -0.05) is 59.8 Å². The summed E-state index contributed by atoms with van der Waals surface area (Å²) in [5, 5.41) is 9.97. The lowest BCUT2D eigenvalue weighted by molar-refractivity contribution is -0.121. The zero-order valence-electron chi connectivity index (χ0n) is 20.3. The lowest BCUT2D eigenvalue weighted by Crippen LogP contribution is -2.25. The monoisotopic (exact) mass is 532 g/mol. The van der Waals surface area contributed by atoms with Gasteiger partial charge in [-0.25, -0.2) is 5.01 Å². The normalized spacial score (nSPS) is 19.0. The lowest BCUT2D eigenvalue weighted by Gasteiger charge is -2.23. The lowest BCUT2D eigenvalue weighted by atomic mass is 9.98. The fraction of sp³-hybridized carbons (Fsp3) is 0.214. The largest absolute Gasteiger partial charge is 0.497 e. The van der Waals surface area contributed by atoms with Crippen molar-refractivity contribution >= 4 is 51.7 Å². The van der Waals surface area contributed by atoms with E-state index in [1.807, 2.05) is 72.6 Å². The standard InChI is InChI=1S/C28H25ClN4O3S/c1-17-8-11-20(14-22(17)29)30-26(34)16-25-27(35)31-28(37-25)33-24(19-6-4-3-5-7-19)15-23(32-33)18-9-12-21(36-2)13-10-18/h3-14,24-25H,15-16H2,1-2H3,(H,30,34)/t24-,25-/m0/s1. The molecule has 0 bridgehead atoms. The van der Waals surface area contributed by atoms with Crippen molar-refractivity contribution in [3.63, 3.8) is 0 Å². The molecule has 7 nitrogen and oxygen atoms in total. The molecule has 3 aromatic rings. The molecule has 2 atom stereocenters. The van der Waals surface area contributed by atoms with E-state index in [1.165, 1.54) is 11.8 Å². The second-order valence-corrected chi connectivity index (χ2v) is 10.4. The Hall–Kier alpha value is -3.62. The van der Waals surface area contributed by atoms with Crippen LogP contribution in [0.5, 0.6) is 5.75 Å². The van der Waals surface area contributed by atoms with Crippen molar-refractivity contribution in [2.45, 2.75) is 31.1 Å². The zero-order valence-corrected chi connectivity index (χ0v) is 21.9. The first kappa shape index (κ1) is 25.0. The van der Waals surface area contributed by atoms with Crippen LogP contribution >= 0.6 is 23.4 Å². The number of aryl methyl sites for hydroxylation is 1. The van der Waals surface area contributed by atoms with Crippen molar-refractivity contribution in [3.05, 3.63) is 94.5 Å². The number of aliphatic imine (C=N–C) groups is 1. The van der Waals surface area contributed by atoms with Crippen LogP contribution in [0.3, 0.4) is 0 Å². The number of ether oxygens (including phenoxy) is 1. The molecule has 0 radical (unpaired) electrons. The highest BCUT2D eigenvalue weighted by Crippen LogP contribution is 2.38. The molecule has 0 unspecified atom stereocenters. The van der Waals surface area contributed by atoms with Gasteiger partial charge in [0, 0.05) is 23.6 Å². The molecule has 0 aromatic heterocycles. The Morgan fingerprint density at radius 2 is 1.89 bits per heavy atom. The Bertz CT molecular complexity index is 1390. The number of rotatable bonds is 6. The van der Waals surface area contributed by atoms with Crippen LogP contribution in [0.15, 0.2) is 82.9 Å². The number of nitrogens with zero attached hydrogens (tertiary/aromatic N) is 3. The maximum atomic E-state index is 12.8. The Balaban J connectivity index is 1.33. The molecule has 2 heterocycles. The zero-order chi connectivity index (χ0) is 25.9. The van der Waals surface area contributed by atoms with Crippen LogP contribution in [-0.4, -0.2) is 40.1 Å². The number of hydrogen-bond acceptors (Lipinski definition) is 6. The molecule has 0 fully saturated rings. The highest BCUT2D eigenvalue weighted by atomic mass is 35.5. The molecule has 3 aromatic carbocycles. The maximum Gasteiger partial charge on any atom is 0.262 e. The predicted molar refractivity (Wildman–Crippen MR) is 148 cm³/mol. The Kier molecular flexibility index (Phi) is 7.30. The van der Waals surface area contributed by atoms with E-state index in [4.69, 9.17) is 21.4 Å². The molecule has 0 aliphatic carbocycles. The van der Waals surface area contributed by atoms with Crippen molar-refractivity contribution < 1.29 is 14.3 Å². The molecule has 5 rings (SSSR count). The molecule has 2 aliphatic rings. The minimum atomic E-state index is -0.618. The van der Waals surface area contributed by atoms with Gasteiger partial charge in [0.1, 0.15) is 11.0 Å². The summed E-state index contributed by atoms with van der Waals surface area (Å²) >= 11 is 7.44. The first-order chi connectivity index (χ1) is 17.9. The van der Waals surface area contributed by atoms with Gasteiger partial charge >= 0.3 is 0 Å². The molecule has 2 aliphatic heterocycles. The number of halogens is 1. The summed E-state index contributed by atoms with van der Waals surface area (Å²) in [6.07, 6.45) is 0.657. The molecule has 188 valence electrons. The van der Waals surface area contributed by atoms with E-state index >= 15 is 0 Å². The highest BCUT2D eigenvalue weighted by Gasteiger charge is 2.39. The predicted octanol–water partition coefficient (Wildman–Crippen LogP) is 5.83. The summed E-state index contributed by atoms with van der Waals surface area (Å²) in [7, 11) is 1.63. The van der Waals surface area contributed by atoms with E-state index in [2.05, 4.69) is 10.3 Å². The number of anilines is 1. The van der Waals surface area contributed by atoms with Crippen LogP contribution in [0.2, 0.25) is 5.02 Å². The Morgan fingerprint density at radius 1 is 1.14 bits per heavy atom. The first-order valence-corrected chi connectivity index (χ1v) is 13.1. The molecule has 0 saturated carbocycles. The summed E-state index contributed by atoms with van der Waals surface area (Å²) in [6.45, 7) is 1.89. The van der Waals surface area contributed by atoms with Gasteiger partial charge in [-0.15, -0.1) is 0 Å². The third-order valence-electron chi connectivity index (χ3n) is 6.27. The summed E-state index contributed by atoms with van der Waals surface area (Å²) in [5.41, 5.74) is 4.46. The number of methoxy groups -OCH3 is 1. The number of amidine groups is 1. The molecule has 1 N–H and O–H groups in total.